The van der Waals surface area contributed by atoms with Crippen LogP contribution in [0.3, 0.4) is 0 Å². The van der Waals surface area contributed by atoms with Crippen LogP contribution in [0.15, 0.2) is 52.8 Å². The SMILES string of the molecule is O=C(Cn1ncc2ccccc2c1=O)NCC1CCCN(Cc2cccs2)C1. The van der Waals surface area contributed by atoms with Gasteiger partial charge >= 0.3 is 0 Å². The van der Waals surface area contributed by atoms with Gasteiger partial charge in [-0.25, -0.2) is 4.68 Å². The summed E-state index contributed by atoms with van der Waals surface area (Å²) in [6.07, 6.45) is 3.90. The molecule has 146 valence electrons. The van der Waals surface area contributed by atoms with E-state index in [-0.39, 0.29) is 18.0 Å². The first kappa shape index (κ1) is 18.8. The second-order valence-electron chi connectivity index (χ2n) is 7.32. The summed E-state index contributed by atoms with van der Waals surface area (Å²) < 4.78 is 1.24. The van der Waals surface area contributed by atoms with Crippen molar-refractivity contribution in [3.63, 3.8) is 0 Å². The average Bonchev–Trinajstić information content (AvgIpc) is 3.22. The van der Waals surface area contributed by atoms with Gasteiger partial charge in [-0.05, 0) is 42.8 Å². The third-order valence-electron chi connectivity index (χ3n) is 5.21. The molecular formula is C21H24N4O2S. The van der Waals surface area contributed by atoms with Crippen LogP contribution in [0.4, 0.5) is 0 Å². The Morgan fingerprint density at radius 1 is 1.25 bits per heavy atom. The predicted octanol–water partition coefficient (Wildman–Crippen LogP) is 2.49. The zero-order valence-corrected chi connectivity index (χ0v) is 16.5. The van der Waals surface area contributed by atoms with Crippen molar-refractivity contribution < 1.29 is 4.79 Å². The standard InChI is InChI=1S/C21H24N4O2S/c26-20(15-25-21(27)19-8-2-1-6-17(19)12-23-25)22-11-16-5-3-9-24(13-16)14-18-7-4-10-28-18/h1-2,4,6-8,10,12,16H,3,5,9,11,13-15H2,(H,22,26). The molecule has 1 N–H and O–H groups in total. The molecule has 0 spiro atoms. The van der Waals surface area contributed by atoms with Crippen molar-refractivity contribution in [2.45, 2.75) is 25.9 Å². The number of carbonyl (C=O) groups excluding carboxylic acids is 1. The molecule has 0 aliphatic carbocycles. The quantitative estimate of drug-likeness (QED) is 0.695. The lowest BCUT2D eigenvalue weighted by Gasteiger charge is -2.32. The molecule has 4 rings (SSSR count). The largest absolute Gasteiger partial charge is 0.354 e. The third kappa shape index (κ3) is 4.48. The lowest BCUT2D eigenvalue weighted by molar-refractivity contribution is -0.122. The summed E-state index contributed by atoms with van der Waals surface area (Å²) in [5.74, 6) is 0.277. The number of aromatic nitrogens is 2. The minimum absolute atomic E-state index is 0.0463. The molecule has 7 heteroatoms. The van der Waals surface area contributed by atoms with E-state index in [1.54, 1.807) is 23.6 Å². The zero-order chi connectivity index (χ0) is 19.3. The number of likely N-dealkylation sites (tertiary alicyclic amines) is 1. The topological polar surface area (TPSA) is 67.2 Å². The maximum absolute atomic E-state index is 12.5. The Bertz CT molecular complexity index is 999. The van der Waals surface area contributed by atoms with Gasteiger partial charge < -0.3 is 5.32 Å². The van der Waals surface area contributed by atoms with Crippen LogP contribution in [0, 0.1) is 5.92 Å². The van der Waals surface area contributed by atoms with E-state index in [0.29, 0.717) is 17.8 Å². The van der Waals surface area contributed by atoms with E-state index in [0.717, 1.165) is 37.9 Å². The molecule has 1 aromatic carbocycles. The number of nitrogens with one attached hydrogen (secondary N) is 1. The average molecular weight is 397 g/mol. The Morgan fingerprint density at radius 3 is 3.00 bits per heavy atom. The summed E-state index contributed by atoms with van der Waals surface area (Å²) >= 11 is 1.79. The van der Waals surface area contributed by atoms with Gasteiger partial charge in [0.1, 0.15) is 6.54 Å². The van der Waals surface area contributed by atoms with Gasteiger partial charge in [0.05, 0.1) is 11.6 Å². The smallest absolute Gasteiger partial charge is 0.275 e. The van der Waals surface area contributed by atoms with Crippen molar-refractivity contribution >= 4 is 28.0 Å². The highest BCUT2D eigenvalue weighted by Gasteiger charge is 2.21. The van der Waals surface area contributed by atoms with E-state index in [9.17, 15) is 9.59 Å². The van der Waals surface area contributed by atoms with Crippen molar-refractivity contribution in [3.05, 3.63) is 63.2 Å². The lowest BCUT2D eigenvalue weighted by Crippen LogP contribution is -2.42. The van der Waals surface area contributed by atoms with E-state index in [4.69, 9.17) is 0 Å². The Kier molecular flexibility index (Phi) is 5.83. The monoisotopic (exact) mass is 396 g/mol. The van der Waals surface area contributed by atoms with Crippen LogP contribution >= 0.6 is 11.3 Å². The van der Waals surface area contributed by atoms with Crippen molar-refractivity contribution in [2.75, 3.05) is 19.6 Å². The summed E-state index contributed by atoms with van der Waals surface area (Å²) in [6.45, 7) is 3.68. The molecular weight excluding hydrogens is 372 g/mol. The summed E-state index contributed by atoms with van der Waals surface area (Å²) in [4.78, 5) is 28.7. The molecule has 3 aromatic rings. The Morgan fingerprint density at radius 2 is 2.14 bits per heavy atom. The van der Waals surface area contributed by atoms with Gasteiger partial charge in [-0.15, -0.1) is 11.3 Å². The summed E-state index contributed by atoms with van der Waals surface area (Å²) in [6, 6.07) is 11.6. The maximum atomic E-state index is 12.5. The molecule has 28 heavy (non-hydrogen) atoms. The minimum atomic E-state index is -0.229. The predicted molar refractivity (Wildman–Crippen MR) is 111 cm³/mol. The molecule has 1 aliphatic rings. The van der Waals surface area contributed by atoms with Crippen molar-refractivity contribution in [2.24, 2.45) is 5.92 Å². The first-order chi connectivity index (χ1) is 13.7. The number of amides is 1. The van der Waals surface area contributed by atoms with E-state index >= 15 is 0 Å². The molecule has 3 heterocycles. The van der Waals surface area contributed by atoms with E-state index < -0.39 is 0 Å². The van der Waals surface area contributed by atoms with Crippen LogP contribution in [0.5, 0.6) is 0 Å². The Labute approximate surface area is 167 Å². The molecule has 0 bridgehead atoms. The van der Waals surface area contributed by atoms with Crippen molar-refractivity contribution in [1.82, 2.24) is 20.0 Å². The molecule has 2 aromatic heterocycles. The number of benzene rings is 1. The van der Waals surface area contributed by atoms with Gasteiger partial charge in [0.2, 0.25) is 5.91 Å². The molecule has 1 atom stereocenters. The Balaban J connectivity index is 1.31. The molecule has 6 nitrogen and oxygen atoms in total. The number of thiophene rings is 1. The van der Waals surface area contributed by atoms with Gasteiger partial charge in [0, 0.05) is 29.9 Å². The molecule has 0 saturated carbocycles. The fraction of sp³-hybridized carbons (Fsp3) is 0.381. The highest BCUT2D eigenvalue weighted by molar-refractivity contribution is 7.09. The zero-order valence-electron chi connectivity index (χ0n) is 15.7. The first-order valence-corrected chi connectivity index (χ1v) is 10.5. The maximum Gasteiger partial charge on any atom is 0.275 e. The van der Waals surface area contributed by atoms with Crippen LogP contribution in [0.2, 0.25) is 0 Å². The fourth-order valence-electron chi connectivity index (χ4n) is 3.77. The van der Waals surface area contributed by atoms with E-state index in [1.165, 1.54) is 9.56 Å². The van der Waals surface area contributed by atoms with Crippen molar-refractivity contribution in [3.8, 4) is 0 Å². The summed E-state index contributed by atoms with van der Waals surface area (Å²) in [5.41, 5.74) is -0.229. The van der Waals surface area contributed by atoms with Crippen LogP contribution < -0.4 is 10.9 Å². The van der Waals surface area contributed by atoms with Crippen molar-refractivity contribution in [1.29, 1.82) is 0 Å². The molecule has 1 aliphatic heterocycles. The highest BCUT2D eigenvalue weighted by atomic mass is 32.1. The number of piperidine rings is 1. The van der Waals surface area contributed by atoms with Gasteiger partial charge in [0.25, 0.3) is 5.56 Å². The van der Waals surface area contributed by atoms with E-state index in [2.05, 4.69) is 32.8 Å². The van der Waals surface area contributed by atoms with Gasteiger partial charge in [-0.2, -0.15) is 5.10 Å². The number of hydrogen-bond donors (Lipinski definition) is 1. The summed E-state index contributed by atoms with van der Waals surface area (Å²) in [7, 11) is 0. The molecule has 1 amide bonds. The number of fused-ring (bicyclic) bond motifs is 1. The van der Waals surface area contributed by atoms with E-state index in [1.807, 2.05) is 18.2 Å². The van der Waals surface area contributed by atoms with Gasteiger partial charge in [-0.1, -0.05) is 24.3 Å². The number of rotatable bonds is 6. The number of hydrogen-bond acceptors (Lipinski definition) is 5. The molecule has 1 unspecified atom stereocenters. The van der Waals surface area contributed by atoms with Gasteiger partial charge in [-0.3, -0.25) is 14.5 Å². The molecule has 0 radical (unpaired) electrons. The third-order valence-corrected chi connectivity index (χ3v) is 6.07. The Hall–Kier alpha value is -2.51. The molecule has 1 fully saturated rings. The lowest BCUT2D eigenvalue weighted by atomic mass is 9.98. The van der Waals surface area contributed by atoms with Crippen LogP contribution in [0.1, 0.15) is 17.7 Å². The van der Waals surface area contributed by atoms with Gasteiger partial charge in [0.15, 0.2) is 0 Å². The van der Waals surface area contributed by atoms with Crippen LogP contribution in [-0.2, 0) is 17.9 Å². The summed E-state index contributed by atoms with van der Waals surface area (Å²) in [5, 5.41) is 10.6. The first-order valence-electron chi connectivity index (χ1n) is 9.65. The van der Waals surface area contributed by atoms with Crippen LogP contribution in [0.25, 0.3) is 10.8 Å². The fourth-order valence-corrected chi connectivity index (χ4v) is 4.52. The number of nitrogens with zero attached hydrogens (tertiary/aromatic N) is 3. The second kappa shape index (κ2) is 8.67. The normalized spacial score (nSPS) is 17.6. The second-order valence-corrected chi connectivity index (χ2v) is 8.35. The minimum Gasteiger partial charge on any atom is -0.354 e. The molecule has 1 saturated heterocycles. The highest BCUT2D eigenvalue weighted by Crippen LogP contribution is 2.20. The number of carbonyl (C=O) groups is 1. The van der Waals surface area contributed by atoms with Crippen LogP contribution in [-0.4, -0.2) is 40.2 Å².